The van der Waals surface area contributed by atoms with E-state index in [9.17, 15) is 19.1 Å². The molecule has 0 aliphatic carbocycles. The summed E-state index contributed by atoms with van der Waals surface area (Å²) in [6, 6.07) is 17.3. The van der Waals surface area contributed by atoms with Crippen molar-refractivity contribution in [3.05, 3.63) is 107 Å². The first kappa shape index (κ1) is 19.3. The van der Waals surface area contributed by atoms with Crippen LogP contribution in [0, 0.1) is 12.7 Å². The normalized spacial score (nSPS) is 11.3. The lowest BCUT2D eigenvalue weighted by Gasteiger charge is -2.01. The third kappa shape index (κ3) is 3.65. The van der Waals surface area contributed by atoms with Crippen molar-refractivity contribution in [3.63, 3.8) is 0 Å². The van der Waals surface area contributed by atoms with E-state index in [0.29, 0.717) is 27.7 Å². The molecule has 0 spiro atoms. The molecule has 0 fully saturated rings. The number of benzene rings is 3. The van der Waals surface area contributed by atoms with E-state index < -0.39 is 5.78 Å². The van der Waals surface area contributed by atoms with Crippen LogP contribution >= 0.6 is 0 Å². The first-order valence-corrected chi connectivity index (χ1v) is 9.28. The predicted octanol–water partition coefficient (Wildman–Crippen LogP) is 5.71. The van der Waals surface area contributed by atoms with Crippen LogP contribution in [0.2, 0.25) is 0 Å². The number of ketones is 2. The number of hydrogen-bond acceptors (Lipinski definition) is 4. The predicted molar refractivity (Wildman–Crippen MR) is 112 cm³/mol. The highest BCUT2D eigenvalue weighted by Gasteiger charge is 2.21. The Labute approximate surface area is 171 Å². The number of halogens is 1. The molecule has 1 heterocycles. The number of aromatic hydroxyl groups is 1. The molecule has 0 bridgehead atoms. The minimum atomic E-state index is -0.421. The molecule has 30 heavy (non-hydrogen) atoms. The smallest absolute Gasteiger partial charge is 0.228 e. The first-order chi connectivity index (χ1) is 14.4. The molecule has 0 saturated carbocycles. The first-order valence-electron chi connectivity index (χ1n) is 9.28. The van der Waals surface area contributed by atoms with Crippen LogP contribution in [0.3, 0.4) is 0 Å². The third-order valence-electron chi connectivity index (χ3n) is 4.86. The fourth-order valence-electron chi connectivity index (χ4n) is 3.23. The highest BCUT2D eigenvalue weighted by molar-refractivity contribution is 6.13. The zero-order valence-corrected chi connectivity index (χ0v) is 16.1. The Hall–Kier alpha value is -3.99. The maximum Gasteiger partial charge on any atom is 0.228 e. The van der Waals surface area contributed by atoms with Gasteiger partial charge in [0.15, 0.2) is 11.5 Å². The second-order valence-corrected chi connectivity index (χ2v) is 6.87. The summed E-state index contributed by atoms with van der Waals surface area (Å²) in [4.78, 5) is 25.4. The van der Waals surface area contributed by atoms with Gasteiger partial charge in [0.1, 0.15) is 17.1 Å². The van der Waals surface area contributed by atoms with Crippen molar-refractivity contribution in [1.29, 1.82) is 0 Å². The van der Waals surface area contributed by atoms with E-state index >= 15 is 0 Å². The largest absolute Gasteiger partial charge is 0.507 e. The summed E-state index contributed by atoms with van der Waals surface area (Å²) in [5, 5.41) is 10.9. The fourth-order valence-corrected chi connectivity index (χ4v) is 3.23. The highest BCUT2D eigenvalue weighted by Crippen LogP contribution is 2.32. The molecule has 0 atom stereocenters. The number of aryl methyl sites for hydroxylation is 1. The average molecular weight is 400 g/mol. The van der Waals surface area contributed by atoms with Crippen LogP contribution in [0.15, 0.2) is 77.2 Å². The van der Waals surface area contributed by atoms with E-state index in [1.165, 1.54) is 36.4 Å². The van der Waals surface area contributed by atoms with Crippen LogP contribution in [0.1, 0.15) is 37.6 Å². The molecular formula is C25H17FO4. The number of phenolic OH excluding ortho intramolecular Hbond substituents is 1. The van der Waals surface area contributed by atoms with Gasteiger partial charge in [-0.25, -0.2) is 4.39 Å². The Balaban J connectivity index is 1.69. The summed E-state index contributed by atoms with van der Waals surface area (Å²) in [5.41, 5.74) is 2.14. The topological polar surface area (TPSA) is 67.5 Å². The van der Waals surface area contributed by atoms with Crippen LogP contribution in [-0.4, -0.2) is 16.7 Å². The maximum absolute atomic E-state index is 13.0. The van der Waals surface area contributed by atoms with Crippen molar-refractivity contribution < 1.29 is 23.5 Å². The minimum Gasteiger partial charge on any atom is -0.507 e. The molecule has 0 aliphatic rings. The second-order valence-electron chi connectivity index (χ2n) is 6.87. The van der Waals surface area contributed by atoms with Gasteiger partial charge in [-0.2, -0.15) is 0 Å². The van der Waals surface area contributed by atoms with Gasteiger partial charge >= 0.3 is 0 Å². The Morgan fingerprint density at radius 3 is 2.40 bits per heavy atom. The lowest BCUT2D eigenvalue weighted by Crippen LogP contribution is -2.00. The van der Waals surface area contributed by atoms with E-state index in [2.05, 4.69) is 0 Å². The van der Waals surface area contributed by atoms with Crippen molar-refractivity contribution in [2.45, 2.75) is 6.92 Å². The number of carbonyl (C=O) groups excluding carboxylic acids is 2. The molecule has 4 nitrogen and oxygen atoms in total. The van der Waals surface area contributed by atoms with Crippen molar-refractivity contribution >= 4 is 28.6 Å². The molecular weight excluding hydrogens is 383 g/mol. The molecule has 3 aromatic carbocycles. The van der Waals surface area contributed by atoms with Crippen LogP contribution in [0.25, 0.3) is 17.0 Å². The van der Waals surface area contributed by atoms with E-state index in [4.69, 9.17) is 4.42 Å². The van der Waals surface area contributed by atoms with Crippen LogP contribution < -0.4 is 0 Å². The monoisotopic (exact) mass is 400 g/mol. The number of allylic oxidation sites excluding steroid dienone is 1. The summed E-state index contributed by atoms with van der Waals surface area (Å²) in [5.74, 6) is -1.13. The lowest BCUT2D eigenvalue weighted by atomic mass is 10.0. The maximum atomic E-state index is 13.0. The van der Waals surface area contributed by atoms with Gasteiger partial charge in [0.25, 0.3) is 0 Å². The zero-order chi connectivity index (χ0) is 21.3. The summed E-state index contributed by atoms with van der Waals surface area (Å²) >= 11 is 0. The van der Waals surface area contributed by atoms with E-state index in [-0.39, 0.29) is 28.7 Å². The summed E-state index contributed by atoms with van der Waals surface area (Å²) < 4.78 is 18.7. The highest BCUT2D eigenvalue weighted by atomic mass is 19.1. The zero-order valence-electron chi connectivity index (χ0n) is 16.1. The second kappa shape index (κ2) is 7.79. The van der Waals surface area contributed by atoms with Gasteiger partial charge in [0.05, 0.1) is 5.56 Å². The van der Waals surface area contributed by atoms with E-state index in [1.54, 1.807) is 43.3 Å². The van der Waals surface area contributed by atoms with Crippen molar-refractivity contribution in [3.8, 4) is 5.75 Å². The quantitative estimate of drug-likeness (QED) is 0.344. The van der Waals surface area contributed by atoms with Gasteiger partial charge in [-0.3, -0.25) is 9.59 Å². The Bertz CT molecular complexity index is 1280. The lowest BCUT2D eigenvalue weighted by molar-refractivity contribution is 0.101. The third-order valence-corrected chi connectivity index (χ3v) is 4.86. The Morgan fingerprint density at radius 1 is 1.00 bits per heavy atom. The van der Waals surface area contributed by atoms with Gasteiger partial charge in [0.2, 0.25) is 5.78 Å². The van der Waals surface area contributed by atoms with E-state index in [1.807, 2.05) is 6.07 Å². The van der Waals surface area contributed by atoms with Gasteiger partial charge in [-0.05, 0) is 36.8 Å². The number of fused-ring (bicyclic) bond motifs is 1. The minimum absolute atomic E-state index is 0.0865. The summed E-state index contributed by atoms with van der Waals surface area (Å²) in [6.45, 7) is 1.74. The van der Waals surface area contributed by atoms with Crippen molar-refractivity contribution in [2.24, 2.45) is 0 Å². The molecule has 1 aromatic heterocycles. The van der Waals surface area contributed by atoms with Crippen molar-refractivity contribution in [1.82, 2.24) is 0 Å². The molecule has 0 aliphatic heterocycles. The van der Waals surface area contributed by atoms with Gasteiger partial charge in [0, 0.05) is 22.6 Å². The van der Waals surface area contributed by atoms with Crippen LogP contribution in [-0.2, 0) is 0 Å². The van der Waals surface area contributed by atoms with Gasteiger partial charge in [-0.15, -0.1) is 0 Å². The molecule has 4 rings (SSSR count). The molecule has 0 amide bonds. The van der Waals surface area contributed by atoms with Crippen LogP contribution in [0.5, 0.6) is 5.75 Å². The molecule has 148 valence electrons. The molecule has 5 heteroatoms. The number of furan rings is 1. The average Bonchev–Trinajstić information content (AvgIpc) is 3.08. The summed E-state index contributed by atoms with van der Waals surface area (Å²) in [6.07, 6.45) is 2.84. The number of phenols is 1. The van der Waals surface area contributed by atoms with Gasteiger partial charge < -0.3 is 9.52 Å². The standard InChI is InChI=1S/C25H17FO4/c1-15-19-13-20(21(27)12-9-16-7-10-18(26)11-8-16)22(28)14-23(19)30-25(15)24(29)17-5-3-2-4-6-17/h2-14,28H,1H3/b12-9+. The Morgan fingerprint density at radius 2 is 1.70 bits per heavy atom. The van der Waals surface area contributed by atoms with Crippen LogP contribution in [0.4, 0.5) is 4.39 Å². The molecule has 0 saturated heterocycles. The SMILES string of the molecule is Cc1c(C(=O)c2ccccc2)oc2cc(O)c(C(=O)/C=C/c3ccc(F)cc3)cc12. The van der Waals surface area contributed by atoms with E-state index in [0.717, 1.165) is 0 Å². The number of rotatable bonds is 5. The number of carbonyl (C=O) groups is 2. The number of hydrogen-bond donors (Lipinski definition) is 1. The fraction of sp³-hybridized carbons (Fsp3) is 0.0400. The molecule has 0 unspecified atom stereocenters. The van der Waals surface area contributed by atoms with Crippen molar-refractivity contribution in [2.75, 3.05) is 0 Å². The summed E-state index contributed by atoms with van der Waals surface area (Å²) in [7, 11) is 0. The molecule has 0 radical (unpaired) electrons. The molecule has 1 N–H and O–H groups in total. The molecule has 4 aromatic rings. The van der Waals surface area contributed by atoms with Gasteiger partial charge in [-0.1, -0.05) is 48.5 Å². The Kier molecular flexibility index (Phi) is 5.02.